The highest BCUT2D eigenvalue weighted by molar-refractivity contribution is 7.88. The van der Waals surface area contributed by atoms with Crippen LogP contribution >= 0.6 is 0 Å². The third kappa shape index (κ3) is 3.85. The van der Waals surface area contributed by atoms with Gasteiger partial charge in [0.2, 0.25) is 10.0 Å². The van der Waals surface area contributed by atoms with Crippen molar-refractivity contribution in [3.05, 3.63) is 24.0 Å². The van der Waals surface area contributed by atoms with E-state index in [2.05, 4.69) is 0 Å². The van der Waals surface area contributed by atoms with E-state index >= 15 is 0 Å². The number of likely N-dealkylation sites (N-methyl/N-ethyl adjacent to an activating group) is 1. The molecule has 1 aliphatic rings. The largest absolute Gasteiger partial charge is 0.486 e. The van der Waals surface area contributed by atoms with Crippen molar-refractivity contribution in [3.63, 3.8) is 0 Å². The summed E-state index contributed by atoms with van der Waals surface area (Å²) in [7, 11) is -1.75. The fourth-order valence-electron chi connectivity index (χ4n) is 2.65. The normalized spacial score (nSPS) is 23.2. The van der Waals surface area contributed by atoms with Gasteiger partial charge in [-0.2, -0.15) is 4.31 Å². The van der Waals surface area contributed by atoms with E-state index in [0.717, 1.165) is 25.7 Å². The van der Waals surface area contributed by atoms with E-state index in [0.29, 0.717) is 5.69 Å². The van der Waals surface area contributed by atoms with Gasteiger partial charge in [0.1, 0.15) is 17.7 Å². The molecule has 0 spiro atoms. The Bertz CT molecular complexity index is 606. The molecule has 21 heavy (non-hydrogen) atoms. The lowest BCUT2D eigenvalue weighted by Gasteiger charge is -2.36. The van der Waals surface area contributed by atoms with Crippen molar-refractivity contribution in [1.82, 2.24) is 4.31 Å². The summed E-state index contributed by atoms with van der Waals surface area (Å²) in [6.07, 6.45) is 4.21. The highest BCUT2D eigenvalue weighted by Crippen LogP contribution is 2.30. The summed E-state index contributed by atoms with van der Waals surface area (Å²) >= 11 is 0. The second kappa shape index (κ2) is 6.19. The SMILES string of the molecule is CN(C1CCCCC1Oc1cc(F)ccc1N)S(C)(=O)=O. The van der Waals surface area contributed by atoms with E-state index in [1.807, 2.05) is 0 Å². The number of ether oxygens (including phenoxy) is 1. The first-order valence-electron chi connectivity index (χ1n) is 6.93. The molecule has 1 aromatic carbocycles. The van der Waals surface area contributed by atoms with Crippen LogP contribution in [0.25, 0.3) is 0 Å². The minimum Gasteiger partial charge on any atom is -0.486 e. The first-order chi connectivity index (χ1) is 9.79. The van der Waals surface area contributed by atoms with Crippen molar-refractivity contribution in [2.45, 2.75) is 37.8 Å². The monoisotopic (exact) mass is 316 g/mol. The average Bonchev–Trinajstić information content (AvgIpc) is 2.42. The molecule has 1 saturated carbocycles. The summed E-state index contributed by atoms with van der Waals surface area (Å²) in [5, 5.41) is 0. The molecule has 7 heteroatoms. The van der Waals surface area contributed by atoms with Gasteiger partial charge in [-0.3, -0.25) is 0 Å². The molecule has 2 atom stereocenters. The Balaban J connectivity index is 2.21. The molecule has 1 aromatic rings. The first kappa shape index (κ1) is 16.0. The van der Waals surface area contributed by atoms with Crippen LogP contribution in [-0.4, -0.2) is 38.2 Å². The molecule has 0 heterocycles. The topological polar surface area (TPSA) is 72.6 Å². The minimum atomic E-state index is -3.30. The molecule has 0 aromatic heterocycles. The van der Waals surface area contributed by atoms with Crippen molar-refractivity contribution in [2.75, 3.05) is 19.0 Å². The zero-order chi connectivity index (χ0) is 15.6. The quantitative estimate of drug-likeness (QED) is 0.862. The van der Waals surface area contributed by atoms with Crippen molar-refractivity contribution < 1.29 is 17.5 Å². The van der Waals surface area contributed by atoms with Crippen LogP contribution in [0.3, 0.4) is 0 Å². The average molecular weight is 316 g/mol. The Morgan fingerprint density at radius 1 is 1.33 bits per heavy atom. The van der Waals surface area contributed by atoms with Crippen LogP contribution in [0.4, 0.5) is 10.1 Å². The van der Waals surface area contributed by atoms with Crippen molar-refractivity contribution >= 4 is 15.7 Å². The molecule has 0 bridgehead atoms. The zero-order valence-electron chi connectivity index (χ0n) is 12.3. The third-order valence-corrected chi connectivity index (χ3v) is 5.23. The van der Waals surface area contributed by atoms with E-state index in [4.69, 9.17) is 10.5 Å². The second-order valence-electron chi connectivity index (χ2n) is 5.47. The molecule has 1 aliphatic carbocycles. The van der Waals surface area contributed by atoms with Gasteiger partial charge in [-0.1, -0.05) is 6.42 Å². The van der Waals surface area contributed by atoms with Gasteiger partial charge in [0.25, 0.3) is 0 Å². The van der Waals surface area contributed by atoms with Crippen LogP contribution in [0, 0.1) is 5.82 Å². The van der Waals surface area contributed by atoms with Crippen molar-refractivity contribution in [3.8, 4) is 5.75 Å². The summed E-state index contributed by atoms with van der Waals surface area (Å²) in [4.78, 5) is 0. The van der Waals surface area contributed by atoms with Crippen LogP contribution in [0.15, 0.2) is 18.2 Å². The fraction of sp³-hybridized carbons (Fsp3) is 0.571. The number of rotatable bonds is 4. The van der Waals surface area contributed by atoms with Gasteiger partial charge in [-0.15, -0.1) is 0 Å². The van der Waals surface area contributed by atoms with Crippen LogP contribution in [0.2, 0.25) is 0 Å². The standard InChI is InChI=1S/C14H21FN2O3S/c1-17(21(2,18)19)12-5-3-4-6-13(12)20-14-9-10(15)7-8-11(14)16/h7-9,12-13H,3-6,16H2,1-2H3. The Kier molecular flexibility index (Phi) is 4.73. The smallest absolute Gasteiger partial charge is 0.211 e. The lowest BCUT2D eigenvalue weighted by atomic mass is 9.92. The van der Waals surface area contributed by atoms with Crippen LogP contribution in [-0.2, 0) is 10.0 Å². The predicted molar refractivity (Wildman–Crippen MR) is 80.1 cm³/mol. The number of nitrogens with two attached hydrogens (primary N) is 1. The van der Waals surface area contributed by atoms with Gasteiger partial charge >= 0.3 is 0 Å². The van der Waals surface area contributed by atoms with Gasteiger partial charge in [-0.25, -0.2) is 12.8 Å². The van der Waals surface area contributed by atoms with Crippen LogP contribution < -0.4 is 10.5 Å². The number of hydrogen-bond donors (Lipinski definition) is 1. The number of anilines is 1. The summed E-state index contributed by atoms with van der Waals surface area (Å²) < 4.78 is 43.9. The fourth-order valence-corrected chi connectivity index (χ4v) is 3.38. The number of hydrogen-bond acceptors (Lipinski definition) is 4. The first-order valence-corrected chi connectivity index (χ1v) is 8.78. The van der Waals surface area contributed by atoms with E-state index in [1.165, 1.54) is 28.8 Å². The molecule has 2 unspecified atom stereocenters. The van der Waals surface area contributed by atoms with E-state index in [1.54, 1.807) is 7.05 Å². The summed E-state index contributed by atoms with van der Waals surface area (Å²) in [5.41, 5.74) is 6.14. The maximum absolute atomic E-state index is 13.3. The Morgan fingerprint density at radius 2 is 2.00 bits per heavy atom. The van der Waals surface area contributed by atoms with E-state index < -0.39 is 15.8 Å². The lowest BCUT2D eigenvalue weighted by molar-refractivity contribution is 0.0850. The maximum atomic E-state index is 13.3. The predicted octanol–water partition coefficient (Wildman–Crippen LogP) is 1.99. The minimum absolute atomic E-state index is 0.253. The molecule has 5 nitrogen and oxygen atoms in total. The summed E-state index contributed by atoms with van der Waals surface area (Å²) in [5.74, 6) is -0.156. The molecule has 0 aliphatic heterocycles. The van der Waals surface area contributed by atoms with Crippen molar-refractivity contribution in [1.29, 1.82) is 0 Å². The number of nitrogen functional groups attached to an aromatic ring is 1. The Hall–Kier alpha value is -1.34. The van der Waals surface area contributed by atoms with E-state index in [9.17, 15) is 12.8 Å². The molecule has 0 radical (unpaired) electrons. The molecule has 1 fully saturated rings. The van der Waals surface area contributed by atoms with Crippen LogP contribution in [0.5, 0.6) is 5.75 Å². The molecular weight excluding hydrogens is 295 g/mol. The molecule has 2 rings (SSSR count). The molecular formula is C14H21FN2O3S. The molecule has 0 saturated heterocycles. The Labute approximate surface area is 124 Å². The second-order valence-corrected chi connectivity index (χ2v) is 7.51. The number of nitrogens with zero attached hydrogens (tertiary/aromatic N) is 1. The number of sulfonamides is 1. The highest BCUT2D eigenvalue weighted by Gasteiger charge is 2.34. The van der Waals surface area contributed by atoms with Gasteiger partial charge in [-0.05, 0) is 31.4 Å². The van der Waals surface area contributed by atoms with Gasteiger partial charge < -0.3 is 10.5 Å². The Morgan fingerprint density at radius 3 is 2.67 bits per heavy atom. The lowest BCUT2D eigenvalue weighted by Crippen LogP contribution is -2.48. The van der Waals surface area contributed by atoms with Crippen molar-refractivity contribution in [2.24, 2.45) is 0 Å². The number of benzene rings is 1. The summed E-state index contributed by atoms with van der Waals surface area (Å²) in [6, 6.07) is 3.70. The van der Waals surface area contributed by atoms with Gasteiger partial charge in [0.15, 0.2) is 0 Å². The third-order valence-electron chi connectivity index (χ3n) is 3.91. The zero-order valence-corrected chi connectivity index (χ0v) is 13.1. The maximum Gasteiger partial charge on any atom is 0.211 e. The van der Waals surface area contributed by atoms with Crippen LogP contribution in [0.1, 0.15) is 25.7 Å². The van der Waals surface area contributed by atoms with Gasteiger partial charge in [0.05, 0.1) is 18.0 Å². The molecule has 118 valence electrons. The molecule has 2 N–H and O–H groups in total. The van der Waals surface area contributed by atoms with E-state index in [-0.39, 0.29) is 17.9 Å². The number of halogens is 1. The molecule has 0 amide bonds. The van der Waals surface area contributed by atoms with Gasteiger partial charge in [0, 0.05) is 13.1 Å². The summed E-state index contributed by atoms with van der Waals surface area (Å²) in [6.45, 7) is 0. The highest BCUT2D eigenvalue weighted by atomic mass is 32.2.